The van der Waals surface area contributed by atoms with E-state index in [4.69, 9.17) is 4.74 Å². The van der Waals surface area contributed by atoms with E-state index in [1.165, 1.54) is 12.1 Å². The van der Waals surface area contributed by atoms with Gasteiger partial charge in [0.15, 0.2) is 0 Å². The molecule has 1 atom stereocenters. The van der Waals surface area contributed by atoms with E-state index in [0.29, 0.717) is 18.4 Å². The van der Waals surface area contributed by atoms with Crippen LogP contribution < -0.4 is 4.74 Å². The highest BCUT2D eigenvalue weighted by Crippen LogP contribution is 2.20. The van der Waals surface area contributed by atoms with Crippen LogP contribution in [0.1, 0.15) is 17.1 Å². The van der Waals surface area contributed by atoms with Gasteiger partial charge in [-0.3, -0.25) is 9.88 Å². The minimum atomic E-state index is 0.566. The summed E-state index contributed by atoms with van der Waals surface area (Å²) in [6.45, 7) is 5.90. The van der Waals surface area contributed by atoms with E-state index in [1.807, 2.05) is 0 Å². The monoisotopic (exact) mass is 290 g/mol. The van der Waals surface area contributed by atoms with E-state index in [9.17, 15) is 0 Å². The third kappa shape index (κ3) is 3.52. The summed E-state index contributed by atoms with van der Waals surface area (Å²) >= 11 is 1.72. The van der Waals surface area contributed by atoms with Gasteiger partial charge in [0.25, 0.3) is 0 Å². The third-order valence-electron chi connectivity index (χ3n) is 3.43. The fraction of sp³-hybridized carbons (Fsp3) is 0.500. The Morgan fingerprint density at radius 2 is 2.40 bits per heavy atom. The SMILES string of the molecule is Cc1nc(CN2CCC(COc3cnccn3)C2)cs1. The second-order valence-electron chi connectivity index (χ2n) is 5.10. The lowest BCUT2D eigenvalue weighted by Gasteiger charge is -2.14. The first-order chi connectivity index (χ1) is 9.79. The molecule has 1 unspecified atom stereocenters. The first kappa shape index (κ1) is 13.5. The van der Waals surface area contributed by atoms with Gasteiger partial charge in [0.2, 0.25) is 5.88 Å². The average Bonchev–Trinajstić information content (AvgIpc) is 3.08. The number of hydrogen-bond donors (Lipinski definition) is 0. The molecule has 3 rings (SSSR count). The van der Waals surface area contributed by atoms with Crippen LogP contribution in [-0.2, 0) is 6.54 Å². The quantitative estimate of drug-likeness (QED) is 0.844. The standard InChI is InChI=1S/C14H18N4OS/c1-11-17-13(10-20-11)8-18-5-2-12(7-18)9-19-14-6-15-3-4-16-14/h3-4,6,10,12H,2,5,7-9H2,1H3. The van der Waals surface area contributed by atoms with Crippen molar-refractivity contribution in [3.8, 4) is 5.88 Å². The maximum atomic E-state index is 5.68. The molecule has 0 radical (unpaired) electrons. The number of thiazole rings is 1. The second-order valence-corrected chi connectivity index (χ2v) is 6.16. The fourth-order valence-corrected chi connectivity index (χ4v) is 3.07. The van der Waals surface area contributed by atoms with Gasteiger partial charge in [0.05, 0.1) is 23.5 Å². The molecule has 0 amide bonds. The lowest BCUT2D eigenvalue weighted by atomic mass is 10.1. The molecule has 0 N–H and O–H groups in total. The van der Waals surface area contributed by atoms with Crippen molar-refractivity contribution in [3.63, 3.8) is 0 Å². The van der Waals surface area contributed by atoms with Crippen LogP contribution in [0.4, 0.5) is 0 Å². The minimum absolute atomic E-state index is 0.566. The average molecular weight is 290 g/mol. The second kappa shape index (κ2) is 6.28. The molecular weight excluding hydrogens is 272 g/mol. The summed E-state index contributed by atoms with van der Waals surface area (Å²) in [6, 6.07) is 0. The topological polar surface area (TPSA) is 51.1 Å². The normalized spacial score (nSPS) is 19.4. The molecular formula is C14H18N4OS. The summed E-state index contributed by atoms with van der Waals surface area (Å²) in [5.74, 6) is 1.18. The zero-order valence-electron chi connectivity index (χ0n) is 11.5. The van der Waals surface area contributed by atoms with Gasteiger partial charge in [0.1, 0.15) is 0 Å². The van der Waals surface area contributed by atoms with Crippen LogP contribution in [0, 0.1) is 12.8 Å². The predicted octanol–water partition coefficient (Wildman–Crippen LogP) is 2.14. The molecule has 2 aromatic rings. The van der Waals surface area contributed by atoms with Crippen LogP contribution in [0.15, 0.2) is 24.0 Å². The number of nitrogens with zero attached hydrogens (tertiary/aromatic N) is 4. The molecule has 1 fully saturated rings. The van der Waals surface area contributed by atoms with Crippen LogP contribution >= 0.6 is 11.3 Å². The van der Waals surface area contributed by atoms with Crippen molar-refractivity contribution in [1.82, 2.24) is 19.9 Å². The summed E-state index contributed by atoms with van der Waals surface area (Å²) in [5.41, 5.74) is 1.18. The molecule has 3 heterocycles. The van der Waals surface area contributed by atoms with Crippen LogP contribution in [-0.4, -0.2) is 39.5 Å². The molecule has 1 aliphatic heterocycles. The highest BCUT2D eigenvalue weighted by atomic mass is 32.1. The molecule has 2 aromatic heterocycles. The summed E-state index contributed by atoms with van der Waals surface area (Å²) in [5, 5.41) is 3.29. The third-order valence-corrected chi connectivity index (χ3v) is 4.25. The van der Waals surface area contributed by atoms with Crippen molar-refractivity contribution in [1.29, 1.82) is 0 Å². The summed E-state index contributed by atoms with van der Waals surface area (Å²) in [4.78, 5) is 15.1. The highest BCUT2D eigenvalue weighted by Gasteiger charge is 2.23. The van der Waals surface area contributed by atoms with Gasteiger partial charge in [-0.2, -0.15) is 0 Å². The molecule has 1 aliphatic rings. The van der Waals surface area contributed by atoms with Crippen molar-refractivity contribution in [3.05, 3.63) is 34.7 Å². The molecule has 0 aromatic carbocycles. The largest absolute Gasteiger partial charge is 0.476 e. The van der Waals surface area contributed by atoms with Crippen LogP contribution in [0.2, 0.25) is 0 Å². The highest BCUT2D eigenvalue weighted by molar-refractivity contribution is 7.09. The van der Waals surface area contributed by atoms with E-state index >= 15 is 0 Å². The van der Waals surface area contributed by atoms with Gasteiger partial charge < -0.3 is 4.74 Å². The van der Waals surface area contributed by atoms with E-state index in [2.05, 4.69) is 32.2 Å². The van der Waals surface area contributed by atoms with Crippen molar-refractivity contribution >= 4 is 11.3 Å². The zero-order chi connectivity index (χ0) is 13.8. The maximum Gasteiger partial charge on any atom is 0.232 e. The number of hydrogen-bond acceptors (Lipinski definition) is 6. The van der Waals surface area contributed by atoms with E-state index < -0.39 is 0 Å². The first-order valence-corrected chi connectivity index (χ1v) is 7.70. The Bertz CT molecular complexity index is 545. The summed E-state index contributed by atoms with van der Waals surface area (Å²) in [7, 11) is 0. The van der Waals surface area contributed by atoms with Crippen LogP contribution in [0.25, 0.3) is 0 Å². The lowest BCUT2D eigenvalue weighted by molar-refractivity contribution is 0.230. The predicted molar refractivity (Wildman–Crippen MR) is 77.8 cm³/mol. The molecule has 20 heavy (non-hydrogen) atoms. The number of aromatic nitrogens is 3. The fourth-order valence-electron chi connectivity index (χ4n) is 2.47. The Morgan fingerprint density at radius 1 is 1.45 bits per heavy atom. The number of ether oxygens (including phenoxy) is 1. The van der Waals surface area contributed by atoms with E-state index in [-0.39, 0.29) is 0 Å². The molecule has 0 saturated carbocycles. The van der Waals surface area contributed by atoms with Gasteiger partial charge in [0, 0.05) is 36.8 Å². The maximum absolute atomic E-state index is 5.68. The molecule has 0 bridgehead atoms. The summed E-state index contributed by atoms with van der Waals surface area (Å²) < 4.78 is 5.68. The van der Waals surface area contributed by atoms with Crippen molar-refractivity contribution in [2.24, 2.45) is 5.92 Å². The molecule has 1 saturated heterocycles. The zero-order valence-corrected chi connectivity index (χ0v) is 12.3. The van der Waals surface area contributed by atoms with Gasteiger partial charge in [-0.05, 0) is 19.9 Å². The van der Waals surface area contributed by atoms with Gasteiger partial charge in [-0.25, -0.2) is 9.97 Å². The van der Waals surface area contributed by atoms with Crippen molar-refractivity contribution in [2.45, 2.75) is 19.9 Å². The molecule has 0 spiro atoms. The van der Waals surface area contributed by atoms with Crippen LogP contribution in [0.5, 0.6) is 5.88 Å². The Labute approximate surface area is 122 Å². The molecule has 6 heteroatoms. The van der Waals surface area contributed by atoms with E-state index in [1.54, 1.807) is 29.9 Å². The van der Waals surface area contributed by atoms with Crippen molar-refractivity contribution in [2.75, 3.05) is 19.7 Å². The van der Waals surface area contributed by atoms with Crippen LogP contribution in [0.3, 0.4) is 0 Å². The lowest BCUT2D eigenvalue weighted by Crippen LogP contribution is -2.22. The first-order valence-electron chi connectivity index (χ1n) is 6.82. The number of likely N-dealkylation sites (tertiary alicyclic amines) is 1. The Hall–Kier alpha value is -1.53. The smallest absolute Gasteiger partial charge is 0.232 e. The van der Waals surface area contributed by atoms with Gasteiger partial charge >= 0.3 is 0 Å². The number of rotatable bonds is 5. The minimum Gasteiger partial charge on any atom is -0.476 e. The van der Waals surface area contributed by atoms with Gasteiger partial charge in [-0.15, -0.1) is 11.3 Å². The Morgan fingerprint density at radius 3 is 3.15 bits per heavy atom. The summed E-state index contributed by atoms with van der Waals surface area (Å²) in [6.07, 6.45) is 6.13. The van der Waals surface area contributed by atoms with E-state index in [0.717, 1.165) is 24.6 Å². The Kier molecular flexibility index (Phi) is 4.22. The van der Waals surface area contributed by atoms with Crippen molar-refractivity contribution < 1.29 is 4.74 Å². The van der Waals surface area contributed by atoms with Gasteiger partial charge in [-0.1, -0.05) is 0 Å². The molecule has 5 nitrogen and oxygen atoms in total. The molecule has 106 valence electrons. The molecule has 0 aliphatic carbocycles. The number of aryl methyl sites for hydroxylation is 1. The Balaban J connectivity index is 1.45.